The first-order chi connectivity index (χ1) is 7.92. The summed E-state index contributed by atoms with van der Waals surface area (Å²) in [7, 11) is 0. The van der Waals surface area contributed by atoms with E-state index in [0.29, 0.717) is 6.42 Å². The van der Waals surface area contributed by atoms with E-state index in [2.05, 4.69) is 0 Å². The van der Waals surface area contributed by atoms with Crippen LogP contribution in [0, 0.1) is 5.92 Å². The normalized spacial score (nSPS) is 16.3. The van der Waals surface area contributed by atoms with Crippen LogP contribution in [0.25, 0.3) is 0 Å². The van der Waals surface area contributed by atoms with Crippen LogP contribution in [0.1, 0.15) is 26.2 Å². The summed E-state index contributed by atoms with van der Waals surface area (Å²) in [5, 5.41) is 0. The van der Waals surface area contributed by atoms with Crippen molar-refractivity contribution >= 4 is 0 Å². The van der Waals surface area contributed by atoms with Crippen LogP contribution < -0.4 is 0 Å². The smallest absolute Gasteiger partial charge is 0.192 e. The molecular weight excluding hydrogens is 272 g/mol. The van der Waals surface area contributed by atoms with E-state index in [9.17, 15) is 35.1 Å². The monoisotopic (exact) mass is 284 g/mol. The van der Waals surface area contributed by atoms with Gasteiger partial charge >= 0.3 is 18.3 Å². The molecule has 0 bridgehead atoms. The van der Waals surface area contributed by atoms with Gasteiger partial charge in [-0.25, -0.2) is 0 Å². The van der Waals surface area contributed by atoms with Crippen LogP contribution in [0.3, 0.4) is 0 Å². The van der Waals surface area contributed by atoms with Crippen molar-refractivity contribution in [2.45, 2.75) is 44.5 Å². The molecule has 1 atom stereocenters. The lowest BCUT2D eigenvalue weighted by atomic mass is 10.0. The van der Waals surface area contributed by atoms with Crippen molar-refractivity contribution in [1.29, 1.82) is 0 Å². The molecule has 0 N–H and O–H groups in total. The molecule has 0 aromatic rings. The predicted molar refractivity (Wildman–Crippen MR) is 49.2 cm³/mol. The molecule has 0 amide bonds. The minimum Gasteiger partial charge on any atom is -0.192 e. The first-order valence-electron chi connectivity index (χ1n) is 5.12. The quantitative estimate of drug-likeness (QED) is 0.486. The Kier molecular flexibility index (Phi) is 5.61. The summed E-state index contributed by atoms with van der Waals surface area (Å²) >= 11 is 0. The van der Waals surface area contributed by atoms with Crippen molar-refractivity contribution in [3.8, 4) is 0 Å². The Morgan fingerprint density at radius 1 is 0.944 bits per heavy atom. The number of allylic oxidation sites excluding steroid dienone is 2. The van der Waals surface area contributed by atoms with Gasteiger partial charge in [0.05, 0.1) is 5.92 Å². The maximum absolute atomic E-state index is 12.4. The fourth-order valence-electron chi connectivity index (χ4n) is 1.12. The molecule has 0 aliphatic carbocycles. The molecule has 1 unspecified atom stereocenters. The first-order valence-corrected chi connectivity index (χ1v) is 5.12. The first kappa shape index (κ1) is 17.2. The molecule has 0 saturated heterocycles. The van der Waals surface area contributed by atoms with Gasteiger partial charge in [-0.15, -0.1) is 0 Å². The van der Waals surface area contributed by atoms with Crippen molar-refractivity contribution < 1.29 is 35.1 Å². The zero-order valence-corrected chi connectivity index (χ0v) is 9.38. The van der Waals surface area contributed by atoms with Crippen LogP contribution in [-0.4, -0.2) is 18.3 Å². The Morgan fingerprint density at radius 2 is 1.44 bits per heavy atom. The minimum atomic E-state index is -5.88. The molecule has 0 saturated carbocycles. The molecule has 18 heavy (non-hydrogen) atoms. The van der Waals surface area contributed by atoms with Crippen molar-refractivity contribution in [3.05, 3.63) is 12.2 Å². The van der Waals surface area contributed by atoms with Crippen molar-refractivity contribution in [2.24, 2.45) is 5.92 Å². The van der Waals surface area contributed by atoms with Crippen LogP contribution in [0.4, 0.5) is 35.1 Å². The van der Waals surface area contributed by atoms with Gasteiger partial charge in [0, 0.05) is 0 Å². The minimum absolute atomic E-state index is 0.0894. The maximum Gasteiger partial charge on any atom is 0.457 e. The molecule has 0 spiro atoms. The van der Waals surface area contributed by atoms with Crippen molar-refractivity contribution in [2.75, 3.05) is 0 Å². The van der Waals surface area contributed by atoms with Crippen LogP contribution in [0.2, 0.25) is 0 Å². The van der Waals surface area contributed by atoms with E-state index in [0.717, 1.165) is 0 Å². The van der Waals surface area contributed by atoms with Crippen molar-refractivity contribution in [3.63, 3.8) is 0 Å². The molecule has 0 heterocycles. The molecule has 0 aliphatic rings. The number of halogens is 8. The summed E-state index contributed by atoms with van der Waals surface area (Å²) in [5.74, 6) is -7.53. The molecular formula is C10H12F8. The molecule has 0 aliphatic heterocycles. The number of alkyl halides is 8. The molecule has 8 heteroatoms. The molecule has 0 rings (SSSR count). The van der Waals surface area contributed by atoms with Crippen LogP contribution in [0.15, 0.2) is 12.2 Å². The van der Waals surface area contributed by atoms with E-state index in [-0.39, 0.29) is 12.5 Å². The summed E-state index contributed by atoms with van der Waals surface area (Å²) in [6.07, 6.45) is -11.6. The van der Waals surface area contributed by atoms with Gasteiger partial charge in [0.15, 0.2) is 0 Å². The van der Waals surface area contributed by atoms with E-state index in [1.54, 1.807) is 6.92 Å². The lowest BCUT2D eigenvalue weighted by Crippen LogP contribution is -2.34. The Morgan fingerprint density at radius 3 is 1.78 bits per heavy atom. The highest BCUT2D eigenvalue weighted by Crippen LogP contribution is 2.38. The van der Waals surface area contributed by atoms with E-state index in [1.165, 1.54) is 0 Å². The number of rotatable bonds is 5. The Labute approximate surface area is 98.7 Å². The van der Waals surface area contributed by atoms with E-state index in [1.807, 2.05) is 0 Å². The fraction of sp³-hybridized carbons (Fsp3) is 0.800. The number of hydrogen-bond acceptors (Lipinski definition) is 0. The van der Waals surface area contributed by atoms with Gasteiger partial charge in [-0.1, -0.05) is 25.8 Å². The zero-order chi connectivity index (χ0) is 14.6. The summed E-state index contributed by atoms with van der Waals surface area (Å²) < 4.78 is 97.1. The van der Waals surface area contributed by atoms with Gasteiger partial charge in [-0.05, 0) is 12.5 Å². The predicted octanol–water partition coefficient (Wildman–Crippen LogP) is 5.11. The average Bonchev–Trinajstić information content (AvgIpc) is 2.13. The summed E-state index contributed by atoms with van der Waals surface area (Å²) in [5.41, 5.74) is 0. The van der Waals surface area contributed by atoms with Gasteiger partial charge in [0.1, 0.15) is 0 Å². The lowest BCUT2D eigenvalue weighted by molar-refractivity contribution is -0.259. The largest absolute Gasteiger partial charge is 0.457 e. The third kappa shape index (κ3) is 5.22. The second-order valence-electron chi connectivity index (χ2n) is 3.77. The van der Waals surface area contributed by atoms with E-state index in [4.69, 9.17) is 0 Å². The van der Waals surface area contributed by atoms with Crippen LogP contribution in [0.5, 0.6) is 0 Å². The third-order valence-corrected chi connectivity index (χ3v) is 2.20. The van der Waals surface area contributed by atoms with Crippen molar-refractivity contribution in [1.82, 2.24) is 0 Å². The Balaban J connectivity index is 4.88. The highest BCUT2D eigenvalue weighted by atomic mass is 19.4. The van der Waals surface area contributed by atoms with Gasteiger partial charge in [-0.2, -0.15) is 35.1 Å². The van der Waals surface area contributed by atoms with Gasteiger partial charge in [0.2, 0.25) is 0 Å². The topological polar surface area (TPSA) is 0 Å². The van der Waals surface area contributed by atoms with E-state index < -0.39 is 36.7 Å². The van der Waals surface area contributed by atoms with Gasteiger partial charge in [0.25, 0.3) is 0 Å². The summed E-state index contributed by atoms with van der Waals surface area (Å²) in [4.78, 5) is 0. The SMILES string of the molecule is CCCCC(C=CC(F)(F)C(F)(F)F)C(F)(F)F. The summed E-state index contributed by atoms with van der Waals surface area (Å²) in [6, 6.07) is 0. The Bertz CT molecular complexity index is 273. The highest BCUT2D eigenvalue weighted by molar-refractivity contribution is 5.03. The van der Waals surface area contributed by atoms with Crippen LogP contribution >= 0.6 is 0 Å². The van der Waals surface area contributed by atoms with Gasteiger partial charge < -0.3 is 0 Å². The summed E-state index contributed by atoms with van der Waals surface area (Å²) in [6.45, 7) is 1.58. The van der Waals surface area contributed by atoms with Crippen LogP contribution in [-0.2, 0) is 0 Å². The second kappa shape index (κ2) is 5.88. The lowest BCUT2D eigenvalue weighted by Gasteiger charge is -2.19. The average molecular weight is 284 g/mol. The van der Waals surface area contributed by atoms with E-state index >= 15 is 0 Å². The molecule has 0 radical (unpaired) electrons. The number of hydrogen-bond donors (Lipinski definition) is 0. The maximum atomic E-state index is 12.4. The molecule has 0 aromatic heterocycles. The number of unbranched alkanes of at least 4 members (excludes halogenated alkanes) is 1. The molecule has 0 nitrogen and oxygen atoms in total. The standard InChI is InChI=1S/C10H12F8/c1-2-3-4-7(9(13,14)15)5-6-8(11,12)10(16,17)18/h5-7H,2-4H2,1H3. The van der Waals surface area contributed by atoms with Gasteiger partial charge in [-0.3, -0.25) is 0 Å². The fourth-order valence-corrected chi connectivity index (χ4v) is 1.12. The zero-order valence-electron chi connectivity index (χ0n) is 9.38. The molecule has 108 valence electrons. The third-order valence-electron chi connectivity index (χ3n) is 2.20. The molecule has 0 fully saturated rings. The molecule has 0 aromatic carbocycles. The Hall–Kier alpha value is -0.820. The highest BCUT2D eigenvalue weighted by Gasteiger charge is 2.55. The second-order valence-corrected chi connectivity index (χ2v) is 3.77.